The lowest BCUT2D eigenvalue weighted by Gasteiger charge is -2.17. The highest BCUT2D eigenvalue weighted by atomic mass is 32.1. The van der Waals surface area contributed by atoms with E-state index in [0.29, 0.717) is 28.9 Å². The lowest BCUT2D eigenvalue weighted by atomic mass is 10.4. The number of aromatic nitrogens is 1. The molecule has 0 radical (unpaired) electrons. The molecule has 0 aliphatic rings. The van der Waals surface area contributed by atoms with E-state index >= 15 is 0 Å². The first-order chi connectivity index (χ1) is 7.13. The van der Waals surface area contributed by atoms with Gasteiger partial charge < -0.3 is 16.0 Å². The number of rotatable bonds is 4. The summed E-state index contributed by atoms with van der Waals surface area (Å²) in [5, 5.41) is 3.54. The summed E-state index contributed by atoms with van der Waals surface area (Å²) in [5.41, 5.74) is 5.68. The number of nitrogens with zero attached hydrogens (tertiary/aromatic N) is 2. The number of amides is 1. The van der Waals surface area contributed by atoms with Crippen LogP contribution in [0.4, 0.5) is 10.9 Å². The van der Waals surface area contributed by atoms with Crippen molar-refractivity contribution in [1.82, 2.24) is 9.88 Å². The van der Waals surface area contributed by atoms with Crippen molar-refractivity contribution in [1.29, 1.82) is 0 Å². The molecule has 1 aromatic heterocycles. The number of hydrogen-bond acceptors (Lipinski definition) is 5. The van der Waals surface area contributed by atoms with Gasteiger partial charge in [-0.2, -0.15) is 0 Å². The largest absolute Gasteiger partial charge is 0.382 e. The quantitative estimate of drug-likeness (QED) is 0.813. The van der Waals surface area contributed by atoms with Gasteiger partial charge in [0.1, 0.15) is 10.7 Å². The van der Waals surface area contributed by atoms with E-state index in [0.717, 1.165) is 0 Å². The molecule has 0 saturated carbocycles. The molecule has 1 heterocycles. The van der Waals surface area contributed by atoms with E-state index in [4.69, 9.17) is 5.73 Å². The second-order valence-corrected chi connectivity index (χ2v) is 3.96. The minimum Gasteiger partial charge on any atom is -0.382 e. The van der Waals surface area contributed by atoms with Gasteiger partial charge in [0, 0.05) is 20.1 Å². The maximum absolute atomic E-state index is 11.9. The van der Waals surface area contributed by atoms with Crippen molar-refractivity contribution in [2.24, 2.45) is 0 Å². The first-order valence-corrected chi connectivity index (χ1v) is 5.69. The third-order valence-electron chi connectivity index (χ3n) is 2.11. The standard InChI is InChI=1S/C9H16N4OS/c1-4-13(5-2)8(14)6-7(10)12-9(11-3)15-6/h4-5,10H2,1-3H3,(H,11,12). The summed E-state index contributed by atoms with van der Waals surface area (Å²) in [6.07, 6.45) is 0. The molecule has 1 aromatic rings. The SMILES string of the molecule is CCN(CC)C(=O)c1sc(NC)nc1N. The zero-order valence-electron chi connectivity index (χ0n) is 9.20. The molecule has 0 unspecified atom stereocenters. The predicted octanol–water partition coefficient (Wildman–Crippen LogP) is 1.25. The number of thiazole rings is 1. The molecule has 0 aliphatic heterocycles. The monoisotopic (exact) mass is 228 g/mol. The molecule has 1 amide bonds. The molecule has 0 aromatic carbocycles. The summed E-state index contributed by atoms with van der Waals surface area (Å²) >= 11 is 1.29. The van der Waals surface area contributed by atoms with Gasteiger partial charge in [-0.3, -0.25) is 4.79 Å². The number of carbonyl (C=O) groups excluding carboxylic acids is 1. The summed E-state index contributed by atoms with van der Waals surface area (Å²) in [4.78, 5) is 18.2. The van der Waals surface area contributed by atoms with Crippen LogP contribution >= 0.6 is 11.3 Å². The van der Waals surface area contributed by atoms with Crippen molar-refractivity contribution in [2.45, 2.75) is 13.8 Å². The highest BCUT2D eigenvalue weighted by molar-refractivity contribution is 7.18. The third-order valence-corrected chi connectivity index (χ3v) is 3.19. The Morgan fingerprint density at radius 2 is 2.13 bits per heavy atom. The minimum absolute atomic E-state index is 0.0449. The van der Waals surface area contributed by atoms with E-state index in [1.807, 2.05) is 13.8 Å². The van der Waals surface area contributed by atoms with E-state index in [1.54, 1.807) is 11.9 Å². The van der Waals surface area contributed by atoms with E-state index in [-0.39, 0.29) is 5.91 Å². The zero-order valence-corrected chi connectivity index (χ0v) is 10.0. The first-order valence-electron chi connectivity index (χ1n) is 4.87. The van der Waals surface area contributed by atoms with Crippen LogP contribution in [0, 0.1) is 0 Å². The maximum atomic E-state index is 11.9. The summed E-state index contributed by atoms with van der Waals surface area (Å²) in [6, 6.07) is 0. The van der Waals surface area contributed by atoms with Gasteiger partial charge in [-0.15, -0.1) is 0 Å². The maximum Gasteiger partial charge on any atom is 0.267 e. The Morgan fingerprint density at radius 3 is 2.53 bits per heavy atom. The molecule has 0 aliphatic carbocycles. The summed E-state index contributed by atoms with van der Waals surface area (Å²) in [6.45, 7) is 5.25. The molecule has 6 heteroatoms. The number of anilines is 2. The molecule has 0 fully saturated rings. The van der Waals surface area contributed by atoms with Crippen LogP contribution in [0.15, 0.2) is 0 Å². The minimum atomic E-state index is -0.0449. The van der Waals surface area contributed by atoms with E-state index in [1.165, 1.54) is 11.3 Å². The smallest absolute Gasteiger partial charge is 0.267 e. The van der Waals surface area contributed by atoms with Gasteiger partial charge in [0.25, 0.3) is 5.91 Å². The number of hydrogen-bond donors (Lipinski definition) is 2. The molecule has 15 heavy (non-hydrogen) atoms. The van der Waals surface area contributed by atoms with Crippen molar-refractivity contribution >= 4 is 28.2 Å². The van der Waals surface area contributed by atoms with Crippen LogP contribution in [-0.2, 0) is 0 Å². The van der Waals surface area contributed by atoms with Crippen LogP contribution in [0.5, 0.6) is 0 Å². The van der Waals surface area contributed by atoms with Gasteiger partial charge in [0.2, 0.25) is 0 Å². The molecule has 0 saturated heterocycles. The molecule has 1 rings (SSSR count). The summed E-state index contributed by atoms with van der Waals surface area (Å²) < 4.78 is 0. The van der Waals surface area contributed by atoms with E-state index in [2.05, 4.69) is 10.3 Å². The normalized spacial score (nSPS) is 10.1. The lowest BCUT2D eigenvalue weighted by Crippen LogP contribution is -2.30. The summed E-state index contributed by atoms with van der Waals surface area (Å²) in [7, 11) is 1.75. The fourth-order valence-electron chi connectivity index (χ4n) is 1.25. The van der Waals surface area contributed by atoms with Crippen molar-refractivity contribution < 1.29 is 4.79 Å². The van der Waals surface area contributed by atoms with Crippen LogP contribution in [0.3, 0.4) is 0 Å². The second kappa shape index (κ2) is 4.97. The molecule has 3 N–H and O–H groups in total. The van der Waals surface area contributed by atoms with Gasteiger partial charge in [0.15, 0.2) is 5.13 Å². The number of nitrogen functional groups attached to an aromatic ring is 1. The average molecular weight is 228 g/mol. The highest BCUT2D eigenvalue weighted by Gasteiger charge is 2.19. The second-order valence-electron chi connectivity index (χ2n) is 2.96. The van der Waals surface area contributed by atoms with Crippen molar-refractivity contribution in [3.05, 3.63) is 4.88 Å². The van der Waals surface area contributed by atoms with Crippen LogP contribution in [0.1, 0.15) is 23.5 Å². The highest BCUT2D eigenvalue weighted by Crippen LogP contribution is 2.25. The zero-order chi connectivity index (χ0) is 11.4. The Labute approximate surface area is 93.3 Å². The van der Waals surface area contributed by atoms with E-state index in [9.17, 15) is 4.79 Å². The Bertz CT molecular complexity index is 346. The van der Waals surface area contributed by atoms with Crippen molar-refractivity contribution in [2.75, 3.05) is 31.2 Å². The van der Waals surface area contributed by atoms with E-state index < -0.39 is 0 Å². The van der Waals surface area contributed by atoms with Gasteiger partial charge >= 0.3 is 0 Å². The Balaban J connectivity index is 2.94. The predicted molar refractivity (Wildman–Crippen MR) is 63.3 cm³/mol. The fraction of sp³-hybridized carbons (Fsp3) is 0.556. The van der Waals surface area contributed by atoms with Gasteiger partial charge in [-0.05, 0) is 13.8 Å². The summed E-state index contributed by atoms with van der Waals surface area (Å²) in [5.74, 6) is 0.262. The Morgan fingerprint density at radius 1 is 1.53 bits per heavy atom. The van der Waals surface area contributed by atoms with Gasteiger partial charge in [-0.25, -0.2) is 4.98 Å². The topological polar surface area (TPSA) is 71.2 Å². The third kappa shape index (κ3) is 2.38. The lowest BCUT2D eigenvalue weighted by molar-refractivity contribution is 0.0778. The van der Waals surface area contributed by atoms with Crippen molar-refractivity contribution in [3.8, 4) is 0 Å². The van der Waals surface area contributed by atoms with Gasteiger partial charge in [-0.1, -0.05) is 11.3 Å². The first kappa shape index (κ1) is 11.8. The van der Waals surface area contributed by atoms with Gasteiger partial charge in [0.05, 0.1) is 0 Å². The Hall–Kier alpha value is -1.30. The van der Waals surface area contributed by atoms with Crippen LogP contribution in [0.25, 0.3) is 0 Å². The molecular formula is C9H16N4OS. The average Bonchev–Trinajstić information content (AvgIpc) is 2.61. The number of carbonyl (C=O) groups is 1. The van der Waals surface area contributed by atoms with Crippen molar-refractivity contribution in [3.63, 3.8) is 0 Å². The van der Waals surface area contributed by atoms with Crippen LogP contribution in [0.2, 0.25) is 0 Å². The number of nitrogens with one attached hydrogen (secondary N) is 1. The molecule has 0 spiro atoms. The number of nitrogens with two attached hydrogens (primary N) is 1. The molecule has 5 nitrogen and oxygen atoms in total. The van der Waals surface area contributed by atoms with Crippen LogP contribution in [-0.4, -0.2) is 35.9 Å². The molecular weight excluding hydrogens is 212 g/mol. The van der Waals surface area contributed by atoms with Crippen LogP contribution < -0.4 is 11.1 Å². The molecule has 0 atom stereocenters. The Kier molecular flexibility index (Phi) is 3.90. The fourth-order valence-corrected chi connectivity index (χ4v) is 2.05. The molecule has 0 bridgehead atoms. The molecule has 84 valence electrons.